The molecule has 2 aromatic heterocycles. The summed E-state index contributed by atoms with van der Waals surface area (Å²) in [6, 6.07) is 7.73. The van der Waals surface area contributed by atoms with Crippen molar-refractivity contribution in [3.8, 4) is 11.6 Å². The van der Waals surface area contributed by atoms with Gasteiger partial charge in [0.05, 0.1) is 17.8 Å². The van der Waals surface area contributed by atoms with Crippen molar-refractivity contribution < 1.29 is 19.7 Å². The van der Waals surface area contributed by atoms with Gasteiger partial charge in [-0.15, -0.1) is 0 Å². The highest BCUT2D eigenvalue weighted by Crippen LogP contribution is 2.29. The van der Waals surface area contributed by atoms with Crippen LogP contribution in [0.15, 0.2) is 36.0 Å². The molecule has 1 unspecified atom stereocenters. The summed E-state index contributed by atoms with van der Waals surface area (Å²) in [5.74, 6) is 0.513. The number of benzene rings is 1. The van der Waals surface area contributed by atoms with Crippen LogP contribution in [0.5, 0.6) is 5.75 Å². The second-order valence-electron chi connectivity index (χ2n) is 6.79. The first-order chi connectivity index (χ1) is 13.3. The number of rotatable bonds is 7. The van der Waals surface area contributed by atoms with Crippen molar-refractivity contribution in [1.29, 1.82) is 0 Å². The van der Waals surface area contributed by atoms with Crippen LogP contribution in [0.25, 0.3) is 22.8 Å². The first kappa shape index (κ1) is 19.7. The van der Waals surface area contributed by atoms with Gasteiger partial charge < -0.3 is 19.5 Å². The van der Waals surface area contributed by atoms with Gasteiger partial charge in [-0.05, 0) is 44.5 Å². The standard InChI is InChI=1S/C21H25N3O4/c1-5-15(21(26)27)10-18-14(3)22-23(4)20(18)24-9-8-16-6-7-17(11-19(16)24)28-13(2)12-25/h6-11,13,25H,5,12H2,1-4H3,(H,26,27)/b15-10+. The molecular weight excluding hydrogens is 358 g/mol. The summed E-state index contributed by atoms with van der Waals surface area (Å²) < 4.78 is 9.46. The molecule has 148 valence electrons. The molecule has 0 fully saturated rings. The molecule has 0 bridgehead atoms. The average molecular weight is 383 g/mol. The summed E-state index contributed by atoms with van der Waals surface area (Å²) in [4.78, 5) is 11.5. The van der Waals surface area contributed by atoms with E-state index in [9.17, 15) is 15.0 Å². The highest BCUT2D eigenvalue weighted by atomic mass is 16.5. The van der Waals surface area contributed by atoms with Gasteiger partial charge in [0.1, 0.15) is 17.7 Å². The highest BCUT2D eigenvalue weighted by Gasteiger charge is 2.18. The Balaban J connectivity index is 2.17. The SMILES string of the molecule is CC/C(=C\c1c(C)nn(C)c1-n1ccc2ccc(OC(C)CO)cc21)C(=O)O. The van der Waals surface area contributed by atoms with Gasteiger partial charge in [-0.2, -0.15) is 5.10 Å². The lowest BCUT2D eigenvalue weighted by Gasteiger charge is -2.13. The van der Waals surface area contributed by atoms with E-state index >= 15 is 0 Å². The lowest BCUT2D eigenvalue weighted by atomic mass is 10.1. The molecular formula is C21H25N3O4. The van der Waals surface area contributed by atoms with Crippen molar-refractivity contribution in [3.63, 3.8) is 0 Å². The Morgan fingerprint density at radius 2 is 2.11 bits per heavy atom. The average Bonchev–Trinajstić information content (AvgIpc) is 3.18. The lowest BCUT2D eigenvalue weighted by molar-refractivity contribution is -0.132. The van der Waals surface area contributed by atoms with E-state index in [0.717, 1.165) is 28.0 Å². The van der Waals surface area contributed by atoms with Crippen LogP contribution in [-0.4, -0.2) is 43.2 Å². The molecule has 1 atom stereocenters. The minimum atomic E-state index is -0.928. The number of carboxylic acid groups (broad SMARTS) is 1. The Hall–Kier alpha value is -3.06. The monoisotopic (exact) mass is 383 g/mol. The number of ether oxygens (including phenoxy) is 1. The zero-order valence-corrected chi connectivity index (χ0v) is 16.5. The topological polar surface area (TPSA) is 89.5 Å². The Kier molecular flexibility index (Phi) is 5.56. The maximum absolute atomic E-state index is 11.5. The fourth-order valence-corrected chi connectivity index (χ4v) is 3.24. The van der Waals surface area contributed by atoms with Crippen LogP contribution >= 0.6 is 0 Å². The molecule has 1 aromatic carbocycles. The number of nitrogens with zero attached hydrogens (tertiary/aromatic N) is 3. The van der Waals surface area contributed by atoms with Gasteiger partial charge in [0.2, 0.25) is 0 Å². The zero-order valence-electron chi connectivity index (χ0n) is 16.5. The number of aliphatic hydroxyl groups is 1. The van der Waals surface area contributed by atoms with Crippen molar-refractivity contribution in [1.82, 2.24) is 14.3 Å². The zero-order chi connectivity index (χ0) is 20.4. The van der Waals surface area contributed by atoms with Crippen LogP contribution in [0.4, 0.5) is 0 Å². The van der Waals surface area contributed by atoms with Gasteiger partial charge in [0.25, 0.3) is 0 Å². The second kappa shape index (κ2) is 7.90. The van der Waals surface area contributed by atoms with Crippen LogP contribution in [-0.2, 0) is 11.8 Å². The van der Waals surface area contributed by atoms with Gasteiger partial charge in [-0.1, -0.05) is 6.92 Å². The van der Waals surface area contributed by atoms with E-state index in [4.69, 9.17) is 4.74 Å². The number of aliphatic hydroxyl groups excluding tert-OH is 1. The van der Waals surface area contributed by atoms with E-state index in [1.54, 1.807) is 17.7 Å². The van der Waals surface area contributed by atoms with Gasteiger partial charge in [-0.25, -0.2) is 4.79 Å². The molecule has 0 saturated carbocycles. The highest BCUT2D eigenvalue weighted by molar-refractivity contribution is 5.93. The molecule has 2 heterocycles. The van der Waals surface area contributed by atoms with Crippen LogP contribution < -0.4 is 4.74 Å². The molecule has 0 saturated heterocycles. The molecule has 0 spiro atoms. The molecule has 7 heteroatoms. The van der Waals surface area contributed by atoms with Crippen molar-refractivity contribution >= 4 is 22.9 Å². The number of aromatic nitrogens is 3. The van der Waals surface area contributed by atoms with E-state index < -0.39 is 5.97 Å². The number of fused-ring (bicyclic) bond motifs is 1. The maximum Gasteiger partial charge on any atom is 0.331 e. The molecule has 7 nitrogen and oxygen atoms in total. The third kappa shape index (κ3) is 3.66. The summed E-state index contributed by atoms with van der Waals surface area (Å²) in [7, 11) is 1.84. The van der Waals surface area contributed by atoms with Crippen LogP contribution in [0.2, 0.25) is 0 Å². The van der Waals surface area contributed by atoms with Crippen LogP contribution in [0, 0.1) is 6.92 Å². The summed E-state index contributed by atoms with van der Waals surface area (Å²) in [5, 5.41) is 24.2. The molecule has 28 heavy (non-hydrogen) atoms. The number of carboxylic acids is 1. The summed E-state index contributed by atoms with van der Waals surface area (Å²) in [6.07, 6.45) is 3.75. The Bertz CT molecular complexity index is 1050. The van der Waals surface area contributed by atoms with Crippen molar-refractivity contribution in [2.45, 2.75) is 33.3 Å². The Morgan fingerprint density at radius 3 is 2.75 bits per heavy atom. The van der Waals surface area contributed by atoms with Gasteiger partial charge >= 0.3 is 5.97 Å². The minimum Gasteiger partial charge on any atom is -0.488 e. The molecule has 3 aromatic rings. The molecule has 3 rings (SSSR count). The third-order valence-electron chi connectivity index (χ3n) is 4.70. The number of hydrogen-bond acceptors (Lipinski definition) is 4. The summed E-state index contributed by atoms with van der Waals surface area (Å²) in [5.41, 5.74) is 2.77. The van der Waals surface area contributed by atoms with E-state index in [2.05, 4.69) is 5.10 Å². The summed E-state index contributed by atoms with van der Waals surface area (Å²) >= 11 is 0. The minimum absolute atomic E-state index is 0.0656. The van der Waals surface area contributed by atoms with E-state index in [0.29, 0.717) is 17.7 Å². The normalized spacial score (nSPS) is 13.1. The van der Waals surface area contributed by atoms with E-state index in [1.807, 2.05) is 55.9 Å². The fourth-order valence-electron chi connectivity index (χ4n) is 3.24. The van der Waals surface area contributed by atoms with Gasteiger partial charge in [0, 0.05) is 35.8 Å². The summed E-state index contributed by atoms with van der Waals surface area (Å²) in [6.45, 7) is 5.43. The number of aliphatic carboxylic acids is 1. The molecule has 0 radical (unpaired) electrons. The van der Waals surface area contributed by atoms with Crippen LogP contribution in [0.1, 0.15) is 31.5 Å². The smallest absolute Gasteiger partial charge is 0.331 e. The third-order valence-corrected chi connectivity index (χ3v) is 4.70. The van der Waals surface area contributed by atoms with Crippen molar-refractivity contribution in [2.75, 3.05) is 6.61 Å². The van der Waals surface area contributed by atoms with Gasteiger partial charge in [0.15, 0.2) is 0 Å². The lowest BCUT2D eigenvalue weighted by Crippen LogP contribution is -2.16. The Labute approximate surface area is 163 Å². The van der Waals surface area contributed by atoms with E-state index in [-0.39, 0.29) is 12.7 Å². The second-order valence-corrected chi connectivity index (χ2v) is 6.79. The molecule has 0 aliphatic carbocycles. The molecule has 0 aliphatic rings. The quantitative estimate of drug-likeness (QED) is 0.611. The predicted molar refractivity (Wildman–Crippen MR) is 108 cm³/mol. The molecule has 0 amide bonds. The predicted octanol–water partition coefficient (Wildman–Crippen LogP) is 3.31. The van der Waals surface area contributed by atoms with Crippen molar-refractivity contribution in [3.05, 3.63) is 47.3 Å². The maximum atomic E-state index is 11.5. The molecule has 0 aliphatic heterocycles. The Morgan fingerprint density at radius 1 is 1.36 bits per heavy atom. The van der Waals surface area contributed by atoms with E-state index in [1.165, 1.54) is 0 Å². The first-order valence-corrected chi connectivity index (χ1v) is 9.22. The largest absolute Gasteiger partial charge is 0.488 e. The number of aryl methyl sites for hydroxylation is 2. The van der Waals surface area contributed by atoms with Crippen molar-refractivity contribution in [2.24, 2.45) is 7.05 Å². The number of carbonyl (C=O) groups is 1. The number of hydrogen-bond donors (Lipinski definition) is 2. The van der Waals surface area contributed by atoms with Gasteiger partial charge in [-0.3, -0.25) is 4.68 Å². The first-order valence-electron chi connectivity index (χ1n) is 9.22. The molecule has 2 N–H and O–H groups in total. The van der Waals surface area contributed by atoms with Crippen LogP contribution in [0.3, 0.4) is 0 Å². The fraction of sp³-hybridized carbons (Fsp3) is 0.333.